The molecule has 1 aliphatic heterocycles. The molecule has 1 heterocycles. The summed E-state index contributed by atoms with van der Waals surface area (Å²) in [6.07, 6.45) is 3.40. The Hall–Kier alpha value is -1.14. The number of hydrogen-bond acceptors (Lipinski definition) is 4. The topological polar surface area (TPSA) is 83.0 Å². The van der Waals surface area contributed by atoms with Crippen molar-refractivity contribution in [3.05, 3.63) is 30.1 Å². The van der Waals surface area contributed by atoms with E-state index in [1.807, 2.05) is 13.8 Å². The number of benzene rings is 1. The summed E-state index contributed by atoms with van der Waals surface area (Å²) in [6, 6.07) is 6.38. The molecule has 0 saturated carbocycles. The van der Waals surface area contributed by atoms with Gasteiger partial charge in [0, 0.05) is 26.2 Å². The number of halogens is 2. The molecule has 30 heavy (non-hydrogen) atoms. The van der Waals surface area contributed by atoms with Gasteiger partial charge >= 0.3 is 0 Å². The first-order valence-corrected chi connectivity index (χ1v) is 12.1. The third kappa shape index (κ3) is 8.93. The van der Waals surface area contributed by atoms with Crippen LogP contribution in [0, 0.1) is 11.7 Å². The van der Waals surface area contributed by atoms with Crippen molar-refractivity contribution in [3.63, 3.8) is 0 Å². The van der Waals surface area contributed by atoms with Gasteiger partial charge in [0.15, 0.2) is 17.5 Å². The summed E-state index contributed by atoms with van der Waals surface area (Å²) in [5.74, 6) is 0.952. The molecule has 0 bridgehead atoms. The molecule has 0 spiro atoms. The highest BCUT2D eigenvalue weighted by atomic mass is 127. The SMILES string of the molecule is CCNC(=NCC(CC)Oc1ccccc1F)NCC1CCN(S(C)(=O)=O)CC1.I. The lowest BCUT2D eigenvalue weighted by Crippen LogP contribution is -2.44. The largest absolute Gasteiger partial charge is 0.485 e. The summed E-state index contributed by atoms with van der Waals surface area (Å²) in [5.41, 5.74) is 0. The van der Waals surface area contributed by atoms with E-state index in [0.717, 1.165) is 25.9 Å². The van der Waals surface area contributed by atoms with Gasteiger partial charge in [0.1, 0.15) is 6.10 Å². The molecule has 1 aromatic carbocycles. The number of ether oxygens (including phenoxy) is 1. The van der Waals surface area contributed by atoms with E-state index in [1.165, 1.54) is 16.6 Å². The van der Waals surface area contributed by atoms with Crippen LogP contribution in [-0.4, -0.2) is 63.8 Å². The van der Waals surface area contributed by atoms with Crippen molar-refractivity contribution in [2.75, 3.05) is 39.0 Å². The van der Waals surface area contributed by atoms with Gasteiger partial charge in [-0.25, -0.2) is 22.1 Å². The fourth-order valence-electron chi connectivity index (χ4n) is 3.19. The smallest absolute Gasteiger partial charge is 0.211 e. The van der Waals surface area contributed by atoms with Crippen molar-refractivity contribution in [1.29, 1.82) is 0 Å². The Morgan fingerprint density at radius 3 is 2.50 bits per heavy atom. The summed E-state index contributed by atoms with van der Waals surface area (Å²) in [5, 5.41) is 6.55. The van der Waals surface area contributed by atoms with E-state index in [-0.39, 0.29) is 41.6 Å². The van der Waals surface area contributed by atoms with E-state index in [0.29, 0.717) is 37.9 Å². The van der Waals surface area contributed by atoms with Crippen LogP contribution in [0.5, 0.6) is 5.75 Å². The fourth-order valence-corrected chi connectivity index (χ4v) is 4.06. The van der Waals surface area contributed by atoms with Gasteiger partial charge in [-0.2, -0.15) is 0 Å². The van der Waals surface area contributed by atoms with Crippen LogP contribution in [0.4, 0.5) is 4.39 Å². The van der Waals surface area contributed by atoms with Gasteiger partial charge in [0.2, 0.25) is 10.0 Å². The molecule has 0 aromatic heterocycles. The number of para-hydroxylation sites is 1. The Morgan fingerprint density at radius 1 is 1.27 bits per heavy atom. The maximum Gasteiger partial charge on any atom is 0.211 e. The van der Waals surface area contributed by atoms with Crippen molar-refractivity contribution in [2.24, 2.45) is 10.9 Å². The number of sulfonamides is 1. The average molecular weight is 556 g/mol. The summed E-state index contributed by atoms with van der Waals surface area (Å²) in [4.78, 5) is 4.59. The zero-order valence-corrected chi connectivity index (χ0v) is 21.1. The number of aliphatic imine (C=N–C) groups is 1. The molecule has 2 N–H and O–H groups in total. The summed E-state index contributed by atoms with van der Waals surface area (Å²) < 4.78 is 44.3. The van der Waals surface area contributed by atoms with Crippen LogP contribution in [0.1, 0.15) is 33.1 Å². The number of nitrogens with one attached hydrogen (secondary N) is 2. The molecule has 1 fully saturated rings. The maximum absolute atomic E-state index is 13.8. The predicted octanol–water partition coefficient (Wildman–Crippen LogP) is 2.83. The summed E-state index contributed by atoms with van der Waals surface area (Å²) in [7, 11) is -3.10. The second-order valence-electron chi connectivity index (χ2n) is 7.28. The molecule has 1 atom stereocenters. The van der Waals surface area contributed by atoms with Crippen LogP contribution in [0.15, 0.2) is 29.3 Å². The van der Waals surface area contributed by atoms with Gasteiger partial charge in [-0.3, -0.25) is 0 Å². The zero-order valence-electron chi connectivity index (χ0n) is 17.9. The van der Waals surface area contributed by atoms with Crippen LogP contribution in [0.25, 0.3) is 0 Å². The minimum atomic E-state index is -3.10. The molecule has 10 heteroatoms. The Morgan fingerprint density at radius 2 is 1.93 bits per heavy atom. The van der Waals surface area contributed by atoms with Gasteiger partial charge in [0.05, 0.1) is 12.8 Å². The molecule has 1 saturated heterocycles. The number of nitrogens with zero attached hydrogens (tertiary/aromatic N) is 2. The van der Waals surface area contributed by atoms with Crippen LogP contribution in [0.2, 0.25) is 0 Å². The molecule has 0 amide bonds. The molecule has 1 aliphatic rings. The van der Waals surface area contributed by atoms with Crippen molar-refractivity contribution < 1.29 is 17.5 Å². The monoisotopic (exact) mass is 556 g/mol. The maximum atomic E-state index is 13.8. The molecular weight excluding hydrogens is 522 g/mol. The van der Waals surface area contributed by atoms with Gasteiger partial charge < -0.3 is 15.4 Å². The van der Waals surface area contributed by atoms with Crippen LogP contribution >= 0.6 is 24.0 Å². The third-order valence-electron chi connectivity index (χ3n) is 4.98. The molecule has 2 rings (SSSR count). The van der Waals surface area contributed by atoms with Crippen LogP contribution in [-0.2, 0) is 10.0 Å². The molecule has 1 aromatic rings. The molecular formula is C20H34FIN4O3S. The highest BCUT2D eigenvalue weighted by Gasteiger charge is 2.24. The quantitative estimate of drug-likeness (QED) is 0.278. The van der Waals surface area contributed by atoms with Crippen molar-refractivity contribution in [1.82, 2.24) is 14.9 Å². The van der Waals surface area contributed by atoms with Gasteiger partial charge in [-0.05, 0) is 44.2 Å². The van der Waals surface area contributed by atoms with E-state index in [9.17, 15) is 12.8 Å². The van der Waals surface area contributed by atoms with Gasteiger partial charge in [0.25, 0.3) is 0 Å². The van der Waals surface area contributed by atoms with Crippen LogP contribution < -0.4 is 15.4 Å². The van der Waals surface area contributed by atoms with E-state index < -0.39 is 10.0 Å². The second kappa shape index (κ2) is 13.3. The van der Waals surface area contributed by atoms with Crippen molar-refractivity contribution >= 4 is 40.0 Å². The van der Waals surface area contributed by atoms with Gasteiger partial charge in [-0.1, -0.05) is 19.1 Å². The third-order valence-corrected chi connectivity index (χ3v) is 6.29. The lowest BCUT2D eigenvalue weighted by atomic mass is 9.98. The number of hydrogen-bond donors (Lipinski definition) is 2. The Labute approximate surface area is 196 Å². The highest BCUT2D eigenvalue weighted by Crippen LogP contribution is 2.19. The van der Waals surface area contributed by atoms with E-state index in [2.05, 4.69) is 15.6 Å². The van der Waals surface area contributed by atoms with Crippen molar-refractivity contribution in [3.8, 4) is 5.75 Å². The normalized spacial score (nSPS) is 17.1. The van der Waals surface area contributed by atoms with Crippen LogP contribution in [0.3, 0.4) is 0 Å². The lowest BCUT2D eigenvalue weighted by Gasteiger charge is -2.30. The summed E-state index contributed by atoms with van der Waals surface area (Å²) in [6.45, 7) is 6.97. The molecule has 7 nitrogen and oxygen atoms in total. The molecule has 1 unspecified atom stereocenters. The first-order chi connectivity index (χ1) is 13.8. The van der Waals surface area contributed by atoms with E-state index in [1.54, 1.807) is 18.2 Å². The molecule has 0 aliphatic carbocycles. The number of rotatable bonds is 9. The highest BCUT2D eigenvalue weighted by molar-refractivity contribution is 14.0. The lowest BCUT2D eigenvalue weighted by molar-refractivity contribution is 0.196. The average Bonchev–Trinajstić information content (AvgIpc) is 2.70. The van der Waals surface area contributed by atoms with E-state index in [4.69, 9.17) is 4.74 Å². The Balaban J connectivity index is 0.00000450. The Bertz CT molecular complexity index is 771. The van der Waals surface area contributed by atoms with E-state index >= 15 is 0 Å². The second-order valence-corrected chi connectivity index (χ2v) is 9.27. The predicted molar refractivity (Wildman–Crippen MR) is 130 cm³/mol. The fraction of sp³-hybridized carbons (Fsp3) is 0.650. The van der Waals surface area contributed by atoms with Crippen molar-refractivity contribution in [2.45, 2.75) is 39.2 Å². The number of piperidine rings is 1. The van der Waals surface area contributed by atoms with Gasteiger partial charge in [-0.15, -0.1) is 24.0 Å². The first-order valence-electron chi connectivity index (χ1n) is 10.2. The minimum Gasteiger partial charge on any atom is -0.485 e. The number of guanidine groups is 1. The summed E-state index contributed by atoms with van der Waals surface area (Å²) >= 11 is 0. The first kappa shape index (κ1) is 26.9. The zero-order chi connectivity index (χ0) is 21.3. The Kier molecular flexibility index (Phi) is 11.9. The minimum absolute atomic E-state index is 0. The molecule has 0 radical (unpaired) electrons. The standard InChI is InChI=1S/C20H33FN4O3S.HI/c1-4-17(28-19-9-7-6-8-18(19)21)15-24-20(22-5-2)23-14-16-10-12-25(13-11-16)29(3,26)27;/h6-9,16-17H,4-5,10-15H2,1-3H3,(H2,22,23,24);1H. The molecule has 172 valence electrons.